The van der Waals surface area contributed by atoms with Crippen molar-refractivity contribution in [1.82, 2.24) is 47.9 Å². The summed E-state index contributed by atoms with van der Waals surface area (Å²) in [6.07, 6.45) is -2.82. The summed E-state index contributed by atoms with van der Waals surface area (Å²) in [6, 6.07) is 10.8. The van der Waals surface area contributed by atoms with Crippen LogP contribution >= 0.6 is 33.2 Å². The van der Waals surface area contributed by atoms with Crippen LogP contribution in [0.2, 0.25) is 5.02 Å². The number of hydrogen-bond donors (Lipinski definition) is 14. The van der Waals surface area contributed by atoms with Crippen LogP contribution in [0.25, 0.3) is 0 Å². The molecule has 2 saturated heterocycles. The lowest BCUT2D eigenvalue weighted by atomic mass is 9.94. The van der Waals surface area contributed by atoms with E-state index in [1.54, 1.807) is 31.3 Å². The Labute approximate surface area is 513 Å². The first-order valence-corrected chi connectivity index (χ1v) is 30.4. The number of esters is 1. The third-order valence-electron chi connectivity index (χ3n) is 14.2. The molecule has 16 N–H and O–H groups in total. The number of primary amides is 2. The minimum atomic E-state index is -1.95. The molecule has 2 bridgehead atoms. The van der Waals surface area contributed by atoms with E-state index in [0.29, 0.717) is 46.7 Å². The smallest absolute Gasteiger partial charge is 0.306 e. The molecule has 0 spiro atoms. The Kier molecular flexibility index (Phi) is 25.6. The number of carbonyl (C=O) groups is 11. The molecular weight excluding hydrogens is 1190 g/mol. The van der Waals surface area contributed by atoms with Crippen molar-refractivity contribution in [2.45, 2.75) is 117 Å². The van der Waals surface area contributed by atoms with Crippen LogP contribution in [0.1, 0.15) is 64.7 Å². The van der Waals surface area contributed by atoms with Crippen LogP contribution in [0.5, 0.6) is 11.5 Å². The van der Waals surface area contributed by atoms with Gasteiger partial charge in [0.05, 0.1) is 24.9 Å². The SMILES string of the molecule is CNCCCC[C@@H]1NC(=O)[C@@H](Cc2ccc(C(N)=O)cc2)NC(=O)[C@H](Cc2ccc(O)cc2)NC(=O)[C@H](NC(=O)[C@H](Cc2ccc(Cl)cc2)NC(=O)CCC(=O)OC)CSSC2[C@@H](C(=O)N[C@H](Cc3ccc(O)cc3)C(N)=O)NC(=O)[C@@H](NC1=O)[C@@H]2O. The molecule has 1 unspecified atom stereocenters. The summed E-state index contributed by atoms with van der Waals surface area (Å²) < 4.78 is 4.68. The van der Waals surface area contributed by atoms with E-state index in [9.17, 15) is 63.3 Å². The average Bonchev–Trinajstić information content (AvgIpc) is 1.49. The number of aliphatic hydroxyl groups excluding tert-OH is 1. The Morgan fingerprint density at radius 3 is 1.75 bits per heavy atom. The number of fused-ring (bicyclic) bond motifs is 2. The van der Waals surface area contributed by atoms with Crippen molar-refractivity contribution >= 4 is 98.2 Å². The van der Waals surface area contributed by atoms with Gasteiger partial charge in [-0.1, -0.05) is 81.7 Å². The van der Waals surface area contributed by atoms with E-state index in [1.807, 2.05) is 0 Å². The van der Waals surface area contributed by atoms with E-state index in [-0.39, 0.29) is 55.6 Å². The first-order valence-electron chi connectivity index (χ1n) is 27.6. The summed E-state index contributed by atoms with van der Waals surface area (Å²) in [5.74, 6) is -10.7. The fraction of sp³-hybridized carbons (Fsp3) is 0.397. The van der Waals surface area contributed by atoms with Crippen molar-refractivity contribution in [3.8, 4) is 11.5 Å². The predicted molar refractivity (Wildman–Crippen MR) is 321 cm³/mol. The molecule has 4 aromatic rings. The van der Waals surface area contributed by atoms with Crippen LogP contribution in [0.4, 0.5) is 0 Å². The fourth-order valence-electron chi connectivity index (χ4n) is 9.30. The van der Waals surface area contributed by atoms with E-state index in [1.165, 1.54) is 72.8 Å². The van der Waals surface area contributed by atoms with Gasteiger partial charge >= 0.3 is 5.97 Å². The van der Waals surface area contributed by atoms with Crippen LogP contribution in [-0.4, -0.2) is 167 Å². The fourth-order valence-corrected chi connectivity index (χ4v) is 12.4. The number of phenolic OH excluding ortho intramolecular Hbond substituents is 2. The van der Waals surface area contributed by atoms with E-state index >= 15 is 4.79 Å². The van der Waals surface area contributed by atoms with E-state index in [0.717, 1.165) is 28.7 Å². The standard InChI is InChI=1S/C58H70ClN11O15S2/c1-62-24-4-3-5-38-52(78)69-46-48(75)49(47(70-57(46)83)58(84)65-39(51(61)77)25-32-10-18-36(71)19-11-32)87-86-29-43(68-53(79)40(26-31-8-16-35(59)17-9-31)63-44(73)22-23-45(74)85-2)56(82)67-42(28-33-12-20-37(72)21-13-33)55(81)66-41(54(80)64-38)27-30-6-14-34(15-7-30)50(60)76/h6-21,38-43,46-49,62,71-72,75H,3-5,22-29H2,1-2H3,(H2,60,76)(H2,61,77)(H,63,73)(H,64,80)(H,65,84)(H,66,81)(H,67,82)(H,68,79)(H,69,78)(H,70,83)/t38-,39+,40-,41+,42-,43+,46-,47-,48-,49?/m0/s1. The molecule has 2 aliphatic rings. The highest BCUT2D eigenvalue weighted by molar-refractivity contribution is 8.77. The third-order valence-corrected chi connectivity index (χ3v) is 17.3. The van der Waals surface area contributed by atoms with Gasteiger partial charge in [0, 0.05) is 48.4 Å². The Balaban J connectivity index is 1.44. The molecule has 2 fully saturated rings. The van der Waals surface area contributed by atoms with Crippen LogP contribution in [0, 0.1) is 0 Å². The molecule has 466 valence electrons. The maximum absolute atomic E-state index is 15.1. The number of unbranched alkanes of at least 4 members (excludes halogenated alkanes) is 1. The zero-order valence-electron chi connectivity index (χ0n) is 47.4. The second-order valence-electron chi connectivity index (χ2n) is 20.6. The number of benzene rings is 4. The number of rotatable bonds is 23. The van der Waals surface area contributed by atoms with Crippen molar-refractivity contribution in [2.24, 2.45) is 11.5 Å². The number of methoxy groups -OCH3 is 1. The van der Waals surface area contributed by atoms with Gasteiger partial charge in [-0.15, -0.1) is 0 Å². The molecule has 26 nitrogen and oxygen atoms in total. The molecule has 10 amide bonds. The van der Waals surface area contributed by atoms with Crippen LogP contribution < -0.4 is 59.3 Å². The molecular formula is C58H70ClN11O15S2. The maximum atomic E-state index is 15.1. The van der Waals surface area contributed by atoms with Crippen molar-refractivity contribution in [1.29, 1.82) is 0 Å². The van der Waals surface area contributed by atoms with Gasteiger partial charge in [0.15, 0.2) is 0 Å². The monoisotopic (exact) mass is 1260 g/mol. The molecule has 2 heterocycles. The highest BCUT2D eigenvalue weighted by atomic mass is 35.5. The largest absolute Gasteiger partial charge is 0.508 e. The Hall–Kier alpha value is -8.44. The first-order chi connectivity index (χ1) is 41.5. The summed E-state index contributed by atoms with van der Waals surface area (Å²) in [7, 11) is 4.39. The topological polar surface area (TPSA) is 418 Å². The van der Waals surface area contributed by atoms with Gasteiger partial charge in [0.25, 0.3) is 0 Å². The van der Waals surface area contributed by atoms with Gasteiger partial charge in [0.1, 0.15) is 59.8 Å². The second-order valence-corrected chi connectivity index (χ2v) is 23.7. The minimum Gasteiger partial charge on any atom is -0.508 e. The molecule has 0 aliphatic carbocycles. The number of amides is 10. The molecule has 2 aliphatic heterocycles. The first kappa shape index (κ1) is 67.7. The van der Waals surface area contributed by atoms with Gasteiger partial charge < -0.3 is 79.4 Å². The lowest BCUT2D eigenvalue weighted by molar-refractivity contribution is -0.142. The van der Waals surface area contributed by atoms with Crippen molar-refractivity contribution < 1.29 is 72.8 Å². The highest BCUT2D eigenvalue weighted by Gasteiger charge is 2.49. The maximum Gasteiger partial charge on any atom is 0.306 e. The van der Waals surface area contributed by atoms with Crippen LogP contribution in [-0.2, 0) is 78.4 Å². The van der Waals surface area contributed by atoms with Crippen molar-refractivity contribution in [3.63, 3.8) is 0 Å². The molecule has 0 saturated carbocycles. The summed E-state index contributed by atoms with van der Waals surface area (Å²) >= 11 is 6.16. The lowest BCUT2D eigenvalue weighted by Gasteiger charge is -2.40. The third kappa shape index (κ3) is 20.6. The van der Waals surface area contributed by atoms with Crippen LogP contribution in [0.3, 0.4) is 0 Å². The summed E-state index contributed by atoms with van der Waals surface area (Å²) in [4.78, 5) is 153. The number of piperidine rings is 1. The molecule has 0 aromatic heterocycles. The van der Waals surface area contributed by atoms with Gasteiger partial charge in [-0.05, 0) is 104 Å². The molecule has 4 aromatic carbocycles. The van der Waals surface area contributed by atoms with Gasteiger partial charge in [0.2, 0.25) is 59.1 Å². The lowest BCUT2D eigenvalue weighted by Crippen LogP contribution is -2.71. The normalized spacial score (nSPS) is 21.7. The van der Waals surface area contributed by atoms with Crippen molar-refractivity contribution in [3.05, 3.63) is 130 Å². The van der Waals surface area contributed by atoms with E-state index in [2.05, 4.69) is 52.6 Å². The number of nitrogens with two attached hydrogens (primary N) is 2. The van der Waals surface area contributed by atoms with Gasteiger partial charge in [-0.3, -0.25) is 52.7 Å². The summed E-state index contributed by atoms with van der Waals surface area (Å²) in [6.45, 7) is 0.509. The zero-order valence-corrected chi connectivity index (χ0v) is 49.8. The number of nitrogens with one attached hydrogen (secondary N) is 9. The predicted octanol–water partition coefficient (Wildman–Crippen LogP) is -1.03. The minimum absolute atomic E-state index is 0.0311. The molecule has 87 heavy (non-hydrogen) atoms. The molecule has 0 radical (unpaired) electrons. The van der Waals surface area contributed by atoms with Gasteiger partial charge in [-0.2, -0.15) is 0 Å². The zero-order chi connectivity index (χ0) is 63.3. The van der Waals surface area contributed by atoms with Crippen LogP contribution in [0.15, 0.2) is 97.1 Å². The number of carbonyl (C=O) groups excluding carboxylic acids is 11. The molecule has 10 atom stereocenters. The quantitative estimate of drug-likeness (QED) is 0.0240. The Bertz CT molecular complexity index is 3110. The van der Waals surface area contributed by atoms with E-state index in [4.69, 9.17) is 23.1 Å². The average molecular weight is 1260 g/mol. The van der Waals surface area contributed by atoms with E-state index < -0.39 is 137 Å². The number of aliphatic hydroxyl groups is 1. The Morgan fingerprint density at radius 1 is 0.655 bits per heavy atom. The summed E-state index contributed by atoms with van der Waals surface area (Å²) in [5.41, 5.74) is 13.1. The summed E-state index contributed by atoms with van der Waals surface area (Å²) in [5, 5.41) is 55.2. The number of hydrogen-bond acceptors (Lipinski definition) is 18. The molecule has 6 rings (SSSR count). The number of ether oxygens (including phenoxy) is 1. The van der Waals surface area contributed by atoms with Crippen molar-refractivity contribution in [2.75, 3.05) is 26.5 Å². The molecule has 29 heteroatoms. The van der Waals surface area contributed by atoms with Gasteiger partial charge in [-0.25, -0.2) is 0 Å². The number of halogens is 1. The highest BCUT2D eigenvalue weighted by Crippen LogP contribution is 2.35. The second kappa shape index (κ2) is 32.9. The number of aromatic hydroxyl groups is 2. The number of phenols is 2. The Morgan fingerprint density at radius 2 is 1.18 bits per heavy atom.